The first kappa shape index (κ1) is 57.5. The Balaban J connectivity index is 1.28. The highest BCUT2D eigenvalue weighted by Gasteiger charge is 2.31. The number of unbranched alkanes of at least 4 members (excludes halogenated alkanes) is 6. The van der Waals surface area contributed by atoms with E-state index in [9.17, 15) is 5.26 Å². The smallest absolute Gasteiger partial charge is 0.104 e. The van der Waals surface area contributed by atoms with Crippen molar-refractivity contribution in [1.82, 2.24) is 18.3 Å². The molecule has 0 bridgehead atoms. The second-order valence-corrected chi connectivity index (χ2v) is 26.1. The Hall–Kier alpha value is -7.60. The van der Waals surface area contributed by atoms with Crippen molar-refractivity contribution in [1.29, 1.82) is 5.26 Å². The highest BCUT2D eigenvalue weighted by Crippen LogP contribution is 2.48. The molecule has 4 heterocycles. The van der Waals surface area contributed by atoms with Crippen LogP contribution in [-0.4, -0.2) is 18.3 Å². The number of nitrogens with zero attached hydrogens (tertiary/aromatic N) is 5. The van der Waals surface area contributed by atoms with E-state index in [1.54, 1.807) is 0 Å². The van der Waals surface area contributed by atoms with Crippen LogP contribution >= 0.6 is 22.6 Å². The van der Waals surface area contributed by atoms with Crippen molar-refractivity contribution >= 4 is 110 Å². The van der Waals surface area contributed by atoms with Crippen molar-refractivity contribution in [3.8, 4) is 28.8 Å². The molecule has 0 aliphatic carbocycles. The summed E-state index contributed by atoms with van der Waals surface area (Å²) in [5.74, 6) is 0. The molecule has 9 aromatic carbocycles. The summed E-state index contributed by atoms with van der Waals surface area (Å²) in [5, 5.41) is 22.9. The molecule has 0 amide bonds. The van der Waals surface area contributed by atoms with Crippen LogP contribution in [0.25, 0.3) is 110 Å². The van der Waals surface area contributed by atoms with Crippen molar-refractivity contribution in [2.24, 2.45) is 0 Å². The van der Waals surface area contributed by atoms with Crippen LogP contribution < -0.4 is 0 Å². The van der Waals surface area contributed by atoms with Gasteiger partial charge in [0.1, 0.15) is 11.6 Å². The molecule has 0 aliphatic heterocycles. The molecule has 0 N–H and O–H groups in total. The fourth-order valence-corrected chi connectivity index (χ4v) is 14.7. The molecule has 0 spiro atoms. The number of hydrogen-bond donors (Lipinski definition) is 0. The van der Waals surface area contributed by atoms with Crippen LogP contribution in [0.1, 0.15) is 163 Å². The zero-order valence-electron chi connectivity index (χ0n) is 51.8. The topological polar surface area (TPSA) is 43.5 Å². The van der Waals surface area contributed by atoms with E-state index in [1.807, 2.05) is 0 Å². The molecule has 434 valence electrons. The second-order valence-electron chi connectivity index (χ2n) is 24.9. The van der Waals surface area contributed by atoms with Crippen molar-refractivity contribution < 1.29 is 0 Å². The summed E-state index contributed by atoms with van der Waals surface area (Å²) in [7, 11) is 0. The standard InChI is InChI=1S/C80H82IN5/c1-8-14-20-53-27-35-69-62(44-53)63-45-54(21-15-9-2)28-36-70(63)83(69)77-50-78(84-71-37-29-55(22-16-10-3)48-66(71)67-49-59(81)33-41-72(67)84)79(85-73-34-26-52(7)42-60(73)61-43-56(23-17-11-4)30-38-74(61)85)68(51-82)80(77)86-75-39-31-57(24-18-12-5)46-64(75)65-47-58(25-19-13-6)32-40-76(65)86/h26-50H,8-25H2,1-7H3. The van der Waals surface area contributed by atoms with E-state index in [4.69, 9.17) is 0 Å². The van der Waals surface area contributed by atoms with E-state index >= 15 is 0 Å². The van der Waals surface area contributed by atoms with Gasteiger partial charge in [0, 0.05) is 46.7 Å². The van der Waals surface area contributed by atoms with Gasteiger partial charge in [-0.05, 0) is 249 Å². The summed E-state index contributed by atoms with van der Waals surface area (Å²) in [4.78, 5) is 0. The summed E-state index contributed by atoms with van der Waals surface area (Å²) < 4.78 is 11.3. The molecule has 0 saturated heterocycles. The Morgan fingerprint density at radius 1 is 0.314 bits per heavy atom. The van der Waals surface area contributed by atoms with Crippen LogP contribution in [0.2, 0.25) is 0 Å². The van der Waals surface area contributed by atoms with E-state index in [1.165, 1.54) is 85.6 Å². The molecule has 0 saturated carbocycles. The molecule has 0 radical (unpaired) electrons. The monoisotopic (exact) mass is 1240 g/mol. The fraction of sp³-hybridized carbons (Fsp3) is 0.312. The minimum Gasteiger partial charge on any atom is -0.307 e. The third kappa shape index (κ3) is 10.2. The van der Waals surface area contributed by atoms with E-state index in [-0.39, 0.29) is 0 Å². The molecule has 0 fully saturated rings. The van der Waals surface area contributed by atoms with E-state index in [0.29, 0.717) is 5.56 Å². The predicted molar refractivity (Wildman–Crippen MR) is 378 cm³/mol. The summed E-state index contributed by atoms with van der Waals surface area (Å²) in [5.41, 5.74) is 22.6. The quantitative estimate of drug-likeness (QED) is 0.0624. The molecular formula is C80H82IN5. The molecule has 0 atom stereocenters. The number of nitriles is 1. The summed E-state index contributed by atoms with van der Waals surface area (Å²) >= 11 is 2.50. The maximum atomic E-state index is 13.0. The van der Waals surface area contributed by atoms with Crippen LogP contribution in [0.15, 0.2) is 152 Å². The van der Waals surface area contributed by atoms with Gasteiger partial charge in [0.2, 0.25) is 0 Å². The third-order valence-corrected chi connectivity index (χ3v) is 19.4. The minimum absolute atomic E-state index is 0.630. The van der Waals surface area contributed by atoms with E-state index < -0.39 is 0 Å². The van der Waals surface area contributed by atoms with E-state index in [2.05, 4.69) is 247 Å². The number of aromatic nitrogens is 4. The van der Waals surface area contributed by atoms with Crippen molar-refractivity contribution in [3.63, 3.8) is 0 Å². The molecule has 5 nitrogen and oxygen atoms in total. The van der Waals surface area contributed by atoms with Gasteiger partial charge in [-0.15, -0.1) is 0 Å². The maximum Gasteiger partial charge on any atom is 0.104 e. The van der Waals surface area contributed by atoms with Crippen LogP contribution in [0.5, 0.6) is 0 Å². The average molecular weight is 1240 g/mol. The molecule has 0 unspecified atom stereocenters. The van der Waals surface area contributed by atoms with E-state index in [0.717, 1.165) is 182 Å². The minimum atomic E-state index is 0.630. The molecule has 0 aliphatic rings. The third-order valence-electron chi connectivity index (χ3n) is 18.8. The van der Waals surface area contributed by atoms with Gasteiger partial charge in [-0.1, -0.05) is 128 Å². The first-order chi connectivity index (χ1) is 42.2. The molecule has 13 rings (SSSR count). The van der Waals surface area contributed by atoms with Crippen molar-refractivity contribution in [2.75, 3.05) is 0 Å². The SMILES string of the molecule is CCCCc1ccc2c(c1)c1cc(I)ccc1n2-c1cc(-n2c3ccc(CCCC)cc3c3cc(CCCC)ccc32)c(-n2c3ccc(CCCC)cc3c3cc(CCCC)ccc32)c(C#N)c1-n1c2ccc(C)cc2c2cc(CCCC)ccc21. The van der Waals surface area contributed by atoms with Crippen molar-refractivity contribution in [2.45, 2.75) is 164 Å². The highest BCUT2D eigenvalue weighted by atomic mass is 127. The number of hydrogen-bond acceptors (Lipinski definition) is 1. The van der Waals surface area contributed by atoms with Gasteiger partial charge >= 0.3 is 0 Å². The van der Waals surface area contributed by atoms with Crippen LogP contribution in [0.3, 0.4) is 0 Å². The van der Waals surface area contributed by atoms with Gasteiger partial charge in [-0.3, -0.25) is 0 Å². The lowest BCUT2D eigenvalue weighted by Crippen LogP contribution is -2.14. The number of aryl methyl sites for hydroxylation is 7. The Morgan fingerprint density at radius 3 is 0.860 bits per heavy atom. The first-order valence-electron chi connectivity index (χ1n) is 32.7. The summed E-state index contributed by atoms with van der Waals surface area (Å²) in [6.07, 6.45) is 19.8. The normalized spacial score (nSPS) is 12.1. The van der Waals surface area contributed by atoms with Gasteiger partial charge in [0.25, 0.3) is 0 Å². The van der Waals surface area contributed by atoms with Gasteiger partial charge in [0.05, 0.1) is 66.9 Å². The lowest BCUT2D eigenvalue weighted by Gasteiger charge is -2.25. The zero-order chi connectivity index (χ0) is 59.2. The van der Waals surface area contributed by atoms with Crippen LogP contribution in [0.4, 0.5) is 0 Å². The lowest BCUT2D eigenvalue weighted by atomic mass is 10.0. The molecule has 4 aromatic heterocycles. The Kier molecular flexibility index (Phi) is 16.5. The van der Waals surface area contributed by atoms with Gasteiger partial charge in [0.15, 0.2) is 0 Å². The van der Waals surface area contributed by atoms with Crippen molar-refractivity contribution in [3.05, 3.63) is 200 Å². The number of halogens is 1. The predicted octanol–water partition coefficient (Wildman–Crippen LogP) is 22.9. The number of benzene rings is 9. The Labute approximate surface area is 522 Å². The maximum absolute atomic E-state index is 13.0. The Bertz CT molecular complexity index is 4640. The molecule has 86 heavy (non-hydrogen) atoms. The molecular weight excluding hydrogens is 1160 g/mol. The second kappa shape index (κ2) is 24.6. The molecule has 6 heteroatoms. The van der Waals surface area contributed by atoms with Crippen LogP contribution in [-0.2, 0) is 38.5 Å². The Morgan fingerprint density at radius 2 is 0.570 bits per heavy atom. The lowest BCUT2D eigenvalue weighted by molar-refractivity contribution is 0.795. The zero-order valence-corrected chi connectivity index (χ0v) is 53.9. The number of fused-ring (bicyclic) bond motifs is 12. The number of rotatable bonds is 22. The van der Waals surface area contributed by atoms with Gasteiger partial charge < -0.3 is 18.3 Å². The summed E-state index contributed by atoms with van der Waals surface area (Å²) in [6.45, 7) is 15.9. The average Bonchev–Trinajstić information content (AvgIpc) is 1.50. The fourth-order valence-electron chi connectivity index (χ4n) is 14.2. The first-order valence-corrected chi connectivity index (χ1v) is 33.8. The van der Waals surface area contributed by atoms with Crippen LogP contribution in [0, 0.1) is 21.8 Å². The highest BCUT2D eigenvalue weighted by molar-refractivity contribution is 14.1. The molecule has 13 aromatic rings. The summed E-state index contributed by atoms with van der Waals surface area (Å²) in [6, 6.07) is 62.9. The van der Waals surface area contributed by atoms with Gasteiger partial charge in [-0.2, -0.15) is 5.26 Å². The van der Waals surface area contributed by atoms with Gasteiger partial charge in [-0.25, -0.2) is 0 Å². The largest absolute Gasteiger partial charge is 0.307 e.